The molecule has 1 amide bonds. The number of benzene rings is 1. The van der Waals surface area contributed by atoms with E-state index >= 15 is 0 Å². The van der Waals surface area contributed by atoms with Crippen LogP contribution in [0.3, 0.4) is 0 Å². The number of carbonyl (C=O) groups is 3. The highest BCUT2D eigenvalue weighted by Gasteiger charge is 2.60. The number of likely N-dealkylation sites (N-methyl/N-ethyl adjacent to an activating group) is 1. The Kier molecular flexibility index (Phi) is 7.26. The Bertz CT molecular complexity index is 1330. The van der Waals surface area contributed by atoms with Crippen LogP contribution in [0.5, 0.6) is 5.75 Å². The zero-order valence-corrected chi connectivity index (χ0v) is 21.9. The summed E-state index contributed by atoms with van der Waals surface area (Å²) in [6, 6.07) is 4.11. The Balaban J connectivity index is 1.93. The fourth-order valence-electron chi connectivity index (χ4n) is 5.68. The molecule has 196 valence electrons. The fraction of sp³-hybridized carbons (Fsp3) is 0.385. The van der Waals surface area contributed by atoms with Crippen LogP contribution in [0.15, 0.2) is 40.6 Å². The summed E-state index contributed by atoms with van der Waals surface area (Å²) in [5, 5.41) is 43.8. The summed E-state index contributed by atoms with van der Waals surface area (Å²) >= 11 is 3.40. The molecule has 0 aliphatic heterocycles. The predicted octanol–water partition coefficient (Wildman–Crippen LogP) is 1.35. The van der Waals surface area contributed by atoms with Crippen molar-refractivity contribution in [1.29, 1.82) is 0 Å². The second-order valence-corrected chi connectivity index (χ2v) is 10.7. The molecule has 1 aromatic heterocycles. The molecular formula is C26H28BrN3O7. The second-order valence-electron chi connectivity index (χ2n) is 9.76. The normalized spacial score (nSPS) is 24.0. The zero-order valence-electron chi connectivity index (χ0n) is 20.3. The number of amides is 1. The lowest BCUT2D eigenvalue weighted by Crippen LogP contribution is -2.64. The van der Waals surface area contributed by atoms with Crippen molar-refractivity contribution in [2.45, 2.75) is 30.9 Å². The summed E-state index contributed by atoms with van der Waals surface area (Å²) in [7, 11) is 3.28. The lowest BCUT2D eigenvalue weighted by Gasteiger charge is -2.47. The number of primary amides is 1. The molecule has 1 aromatic carbocycles. The first kappa shape index (κ1) is 26.9. The molecule has 0 bridgehead atoms. The number of hydrogen-bond donors (Lipinski definition) is 5. The first-order valence-corrected chi connectivity index (χ1v) is 12.5. The molecule has 4 atom stereocenters. The number of fused-ring (bicyclic) bond motifs is 2. The van der Waals surface area contributed by atoms with E-state index in [1.165, 1.54) is 6.07 Å². The second kappa shape index (κ2) is 9.97. The number of ketones is 2. The van der Waals surface area contributed by atoms with Gasteiger partial charge in [0.15, 0.2) is 11.4 Å². The SMILES string of the molecule is CN(C)[C@H](CO)[C@@H]1C[C@@H]2Cc3c(-c4cncc(Br)c4)ccc(O)c3C(O)=C2C(=O)[C@]1(O)C(=O)CC(N)=O. The molecule has 2 aliphatic rings. The van der Waals surface area contributed by atoms with Crippen molar-refractivity contribution in [3.8, 4) is 16.9 Å². The fourth-order valence-corrected chi connectivity index (χ4v) is 6.04. The van der Waals surface area contributed by atoms with Crippen molar-refractivity contribution >= 4 is 39.2 Å². The van der Waals surface area contributed by atoms with Gasteiger partial charge >= 0.3 is 0 Å². The van der Waals surface area contributed by atoms with Gasteiger partial charge in [-0.2, -0.15) is 0 Å². The molecule has 0 spiro atoms. The number of aromatic nitrogens is 1. The van der Waals surface area contributed by atoms with Crippen LogP contribution < -0.4 is 5.73 Å². The standard InChI is InChI=1S/C26H28BrN3O7/c1-30(2)18(11-31)17-7-12-6-16-15(13-5-14(27)10-29-9-13)3-4-19(32)23(16)24(35)22(12)25(36)26(17,37)20(33)8-21(28)34/h3-5,9-10,12,17-18,31-32,35,37H,6-8,11H2,1-2H3,(H2,28,34)/t12-,17-,18+,26+/m0/s1. The van der Waals surface area contributed by atoms with E-state index in [1.54, 1.807) is 37.5 Å². The van der Waals surface area contributed by atoms with E-state index in [4.69, 9.17) is 5.73 Å². The number of aliphatic hydroxyl groups is 3. The maximum atomic E-state index is 13.9. The molecule has 10 nitrogen and oxygen atoms in total. The van der Waals surface area contributed by atoms with Crippen LogP contribution in [-0.4, -0.2) is 80.1 Å². The summed E-state index contributed by atoms with van der Waals surface area (Å²) in [6.45, 7) is -0.471. The predicted molar refractivity (Wildman–Crippen MR) is 137 cm³/mol. The average molecular weight is 574 g/mol. The summed E-state index contributed by atoms with van der Waals surface area (Å²) in [5.41, 5.74) is 4.32. The Hall–Kier alpha value is -3.12. The highest BCUT2D eigenvalue weighted by atomic mass is 79.9. The van der Waals surface area contributed by atoms with Crippen molar-refractivity contribution in [2.75, 3.05) is 20.7 Å². The molecule has 2 aliphatic carbocycles. The molecule has 2 aromatic rings. The van der Waals surface area contributed by atoms with Crippen LogP contribution in [0.4, 0.5) is 0 Å². The van der Waals surface area contributed by atoms with E-state index in [-0.39, 0.29) is 29.7 Å². The zero-order chi connectivity index (χ0) is 27.2. The lowest BCUT2D eigenvalue weighted by atomic mass is 9.59. The van der Waals surface area contributed by atoms with Gasteiger partial charge in [-0.25, -0.2) is 0 Å². The number of Topliss-reactive ketones (excluding diaryl/α,β-unsaturated/α-hetero) is 2. The summed E-state index contributed by atoms with van der Waals surface area (Å²) in [4.78, 5) is 44.3. The van der Waals surface area contributed by atoms with Gasteiger partial charge in [0, 0.05) is 40.0 Å². The molecule has 11 heteroatoms. The molecule has 37 heavy (non-hydrogen) atoms. The third-order valence-corrected chi connectivity index (χ3v) is 7.83. The number of rotatable bonds is 7. The Morgan fingerprint density at radius 1 is 1.27 bits per heavy atom. The number of pyridine rings is 1. The van der Waals surface area contributed by atoms with Crippen molar-refractivity contribution in [3.63, 3.8) is 0 Å². The largest absolute Gasteiger partial charge is 0.507 e. The monoisotopic (exact) mass is 573 g/mol. The lowest BCUT2D eigenvalue weighted by molar-refractivity contribution is -0.163. The van der Waals surface area contributed by atoms with E-state index in [9.17, 15) is 34.8 Å². The minimum Gasteiger partial charge on any atom is -0.507 e. The minimum atomic E-state index is -2.70. The number of phenols is 1. The molecular weight excluding hydrogens is 546 g/mol. The Morgan fingerprint density at radius 3 is 2.57 bits per heavy atom. The van der Waals surface area contributed by atoms with Crippen LogP contribution in [0.25, 0.3) is 16.9 Å². The quantitative estimate of drug-likeness (QED) is 0.306. The van der Waals surface area contributed by atoms with Gasteiger partial charge in [-0.1, -0.05) is 6.07 Å². The molecule has 1 saturated carbocycles. The van der Waals surface area contributed by atoms with Gasteiger partial charge in [-0.3, -0.25) is 19.4 Å². The number of aromatic hydroxyl groups is 1. The smallest absolute Gasteiger partial charge is 0.225 e. The summed E-state index contributed by atoms with van der Waals surface area (Å²) in [6.07, 6.45) is 2.62. The highest BCUT2D eigenvalue weighted by molar-refractivity contribution is 9.10. The van der Waals surface area contributed by atoms with E-state index in [0.717, 1.165) is 10.0 Å². The number of phenolic OH excluding ortho intramolecular Hbond substituents is 1. The number of carbonyl (C=O) groups excluding carboxylic acids is 3. The molecule has 1 heterocycles. The molecule has 0 radical (unpaired) electrons. The Labute approximate surface area is 221 Å². The number of nitrogens with two attached hydrogens (primary N) is 1. The van der Waals surface area contributed by atoms with Crippen LogP contribution in [0.2, 0.25) is 0 Å². The van der Waals surface area contributed by atoms with Gasteiger partial charge in [0.1, 0.15) is 11.5 Å². The summed E-state index contributed by atoms with van der Waals surface area (Å²) < 4.78 is 0.728. The van der Waals surface area contributed by atoms with Gasteiger partial charge in [-0.15, -0.1) is 0 Å². The minimum absolute atomic E-state index is 0.0338. The van der Waals surface area contributed by atoms with E-state index in [0.29, 0.717) is 11.1 Å². The van der Waals surface area contributed by atoms with Crippen molar-refractivity contribution in [2.24, 2.45) is 17.6 Å². The van der Waals surface area contributed by atoms with Crippen LogP contribution in [0.1, 0.15) is 24.0 Å². The summed E-state index contributed by atoms with van der Waals surface area (Å²) in [5.74, 6) is -5.71. The topological polar surface area (TPSA) is 174 Å². The molecule has 1 fully saturated rings. The van der Waals surface area contributed by atoms with Crippen molar-refractivity contribution in [1.82, 2.24) is 9.88 Å². The molecule has 0 unspecified atom stereocenters. The number of aliphatic hydroxyl groups excluding tert-OH is 2. The van der Waals surface area contributed by atoms with Crippen LogP contribution in [-0.2, 0) is 20.8 Å². The number of halogens is 1. The molecule has 4 rings (SSSR count). The molecule has 6 N–H and O–H groups in total. The maximum absolute atomic E-state index is 13.9. The first-order chi connectivity index (χ1) is 17.4. The van der Waals surface area contributed by atoms with Crippen molar-refractivity contribution < 1.29 is 34.8 Å². The first-order valence-electron chi connectivity index (χ1n) is 11.7. The van der Waals surface area contributed by atoms with E-state index in [2.05, 4.69) is 20.9 Å². The highest BCUT2D eigenvalue weighted by Crippen LogP contribution is 2.50. The molecule has 0 saturated heterocycles. The Morgan fingerprint density at radius 2 is 1.97 bits per heavy atom. The van der Waals surface area contributed by atoms with E-state index < -0.39 is 59.7 Å². The van der Waals surface area contributed by atoms with Crippen molar-refractivity contribution in [3.05, 3.63) is 51.8 Å². The van der Waals surface area contributed by atoms with Gasteiger partial charge in [-0.05, 0) is 72.0 Å². The third-order valence-electron chi connectivity index (χ3n) is 7.40. The average Bonchev–Trinajstić information content (AvgIpc) is 2.81. The van der Waals surface area contributed by atoms with Gasteiger partial charge in [0.2, 0.25) is 11.7 Å². The van der Waals surface area contributed by atoms with E-state index in [1.807, 2.05) is 6.07 Å². The van der Waals surface area contributed by atoms with Gasteiger partial charge in [0.25, 0.3) is 0 Å². The van der Waals surface area contributed by atoms with Gasteiger partial charge < -0.3 is 31.1 Å². The van der Waals surface area contributed by atoms with Crippen LogP contribution >= 0.6 is 15.9 Å². The maximum Gasteiger partial charge on any atom is 0.225 e. The number of nitrogens with zero attached hydrogens (tertiary/aromatic N) is 2. The van der Waals surface area contributed by atoms with Crippen LogP contribution in [0, 0.1) is 11.8 Å². The van der Waals surface area contributed by atoms with Gasteiger partial charge in [0.05, 0.1) is 18.6 Å². The third kappa shape index (κ3) is 4.46. The number of hydrogen-bond acceptors (Lipinski definition) is 9.